The number of amides is 3. The highest BCUT2D eigenvalue weighted by Crippen LogP contribution is 2.37. The van der Waals surface area contributed by atoms with Crippen molar-refractivity contribution in [1.29, 1.82) is 0 Å². The van der Waals surface area contributed by atoms with E-state index in [-0.39, 0.29) is 24.6 Å². The molecule has 3 amide bonds. The van der Waals surface area contributed by atoms with Crippen LogP contribution in [0.15, 0.2) is 72.9 Å². The SMILES string of the molecule is CC/C=C\C/C=C\C/C=C\C/C=C\C/C=C\C/C=C\CCC(=O)N[C@@H](CSSC(C)(C)[C@H](N)C(=O)NC[C@@H](O)CO)C(N)=O. The summed E-state index contributed by atoms with van der Waals surface area (Å²) in [5, 5.41) is 23.4. The van der Waals surface area contributed by atoms with Gasteiger partial charge in [0.05, 0.1) is 18.8 Å². The molecule has 0 saturated carbocycles. The van der Waals surface area contributed by atoms with Crippen molar-refractivity contribution in [3.63, 3.8) is 0 Å². The molecule has 0 aromatic carbocycles. The first-order chi connectivity index (χ1) is 21.0. The number of carbonyl (C=O) groups is 3. The molecule has 0 fully saturated rings. The van der Waals surface area contributed by atoms with E-state index in [4.69, 9.17) is 16.6 Å². The molecule has 0 aliphatic carbocycles. The molecule has 0 unspecified atom stereocenters. The molecule has 0 bridgehead atoms. The van der Waals surface area contributed by atoms with Gasteiger partial charge < -0.3 is 32.3 Å². The minimum atomic E-state index is -1.06. The number of nitrogens with two attached hydrogens (primary N) is 2. The lowest BCUT2D eigenvalue weighted by Gasteiger charge is -2.30. The molecule has 248 valence electrons. The van der Waals surface area contributed by atoms with E-state index in [1.807, 2.05) is 12.2 Å². The Hall–Kier alpha value is -2.57. The number of allylic oxidation sites excluding steroid dienone is 12. The van der Waals surface area contributed by atoms with Gasteiger partial charge in [-0.15, -0.1) is 0 Å². The first kappa shape index (κ1) is 41.4. The first-order valence-electron chi connectivity index (χ1n) is 15.2. The molecule has 0 saturated heterocycles. The van der Waals surface area contributed by atoms with E-state index >= 15 is 0 Å². The Balaban J connectivity index is 4.21. The molecule has 11 heteroatoms. The summed E-state index contributed by atoms with van der Waals surface area (Å²) in [5.74, 6) is -1.16. The fourth-order valence-electron chi connectivity index (χ4n) is 3.33. The van der Waals surface area contributed by atoms with Crippen molar-refractivity contribution >= 4 is 39.3 Å². The van der Waals surface area contributed by atoms with Crippen molar-refractivity contribution in [3.05, 3.63) is 72.9 Å². The molecule has 0 spiro atoms. The maximum atomic E-state index is 12.3. The monoisotopic (exact) mass is 650 g/mol. The van der Waals surface area contributed by atoms with Crippen LogP contribution in [0.4, 0.5) is 0 Å². The van der Waals surface area contributed by atoms with Gasteiger partial charge in [-0.25, -0.2) is 0 Å². The number of aliphatic hydroxyl groups is 2. The lowest BCUT2D eigenvalue weighted by atomic mass is 10.0. The third-order valence-electron chi connectivity index (χ3n) is 6.08. The fourth-order valence-corrected chi connectivity index (χ4v) is 6.13. The molecule has 0 aliphatic heterocycles. The Bertz CT molecular complexity index is 993. The Morgan fingerprint density at radius 3 is 1.77 bits per heavy atom. The van der Waals surface area contributed by atoms with E-state index in [1.165, 1.54) is 21.6 Å². The Morgan fingerprint density at radius 2 is 1.32 bits per heavy atom. The lowest BCUT2D eigenvalue weighted by Crippen LogP contribution is -2.53. The number of carbonyl (C=O) groups excluding carboxylic acids is 3. The average molecular weight is 651 g/mol. The third-order valence-corrected chi connectivity index (χ3v) is 9.40. The largest absolute Gasteiger partial charge is 0.394 e. The molecule has 0 radical (unpaired) electrons. The predicted octanol–water partition coefficient (Wildman–Crippen LogP) is 4.39. The summed E-state index contributed by atoms with van der Waals surface area (Å²) in [7, 11) is 2.58. The highest BCUT2D eigenvalue weighted by molar-refractivity contribution is 8.77. The predicted molar refractivity (Wildman–Crippen MR) is 187 cm³/mol. The maximum Gasteiger partial charge on any atom is 0.240 e. The summed E-state index contributed by atoms with van der Waals surface area (Å²) in [6.07, 6.45) is 30.9. The smallest absolute Gasteiger partial charge is 0.240 e. The van der Waals surface area contributed by atoms with Gasteiger partial charge in [-0.1, -0.05) is 101 Å². The van der Waals surface area contributed by atoms with Crippen LogP contribution in [-0.2, 0) is 14.4 Å². The quantitative estimate of drug-likeness (QED) is 0.0625. The summed E-state index contributed by atoms with van der Waals surface area (Å²) in [5.41, 5.74) is 11.6. The standard InChI is InChI=1S/C33H54N4O5S2/c1-4-5-6-7-8-9-10-11-12-13-14-15-16-17-18-19-20-21-22-23-29(40)37-28(31(35)41)26-43-44-33(2,3)30(34)32(42)36-24-27(39)25-38/h5-6,8-9,11-12,14-15,17-18,20-21,27-28,30,38-39H,4,7,10,13,16,19,22-26,34H2,1-3H3,(H2,35,41)(H,36,42)(H,37,40)/b6-5-,9-8-,12-11-,15-14-,18-17-,21-20-/t27-,28+,30-/m1/s1. The first-order valence-corrected chi connectivity index (χ1v) is 17.5. The minimum Gasteiger partial charge on any atom is -0.394 e. The lowest BCUT2D eigenvalue weighted by molar-refractivity contribution is -0.126. The summed E-state index contributed by atoms with van der Waals surface area (Å²) in [6, 6.07) is -1.76. The second-order valence-electron chi connectivity index (χ2n) is 10.5. The van der Waals surface area contributed by atoms with Gasteiger partial charge in [0.1, 0.15) is 6.04 Å². The van der Waals surface area contributed by atoms with Crippen molar-refractivity contribution in [2.45, 2.75) is 95.1 Å². The molecule has 44 heavy (non-hydrogen) atoms. The van der Waals surface area contributed by atoms with E-state index < -0.39 is 41.4 Å². The van der Waals surface area contributed by atoms with Gasteiger partial charge in [-0.05, 0) is 58.8 Å². The second-order valence-corrected chi connectivity index (χ2v) is 13.5. The molecule has 0 rings (SSSR count). The van der Waals surface area contributed by atoms with Crippen LogP contribution in [0, 0.1) is 0 Å². The van der Waals surface area contributed by atoms with E-state index in [0.717, 1.165) is 38.5 Å². The maximum absolute atomic E-state index is 12.3. The summed E-state index contributed by atoms with van der Waals surface area (Å²) in [6.45, 7) is 5.12. The molecule has 0 aromatic rings. The number of nitrogens with one attached hydrogen (secondary N) is 2. The Morgan fingerprint density at radius 1 is 0.841 bits per heavy atom. The number of hydrogen-bond donors (Lipinski definition) is 6. The van der Waals surface area contributed by atoms with Gasteiger partial charge in [0.25, 0.3) is 0 Å². The van der Waals surface area contributed by atoms with Gasteiger partial charge in [0.2, 0.25) is 17.7 Å². The van der Waals surface area contributed by atoms with Crippen LogP contribution in [-0.4, -0.2) is 69.8 Å². The van der Waals surface area contributed by atoms with Crippen LogP contribution in [0.3, 0.4) is 0 Å². The molecular weight excluding hydrogens is 597 g/mol. The number of aliphatic hydroxyl groups excluding tert-OH is 2. The zero-order chi connectivity index (χ0) is 33.1. The summed E-state index contributed by atoms with van der Waals surface area (Å²) >= 11 is 0. The topological polar surface area (TPSA) is 168 Å². The average Bonchev–Trinajstić information content (AvgIpc) is 2.99. The van der Waals surface area contributed by atoms with Crippen LogP contribution in [0.2, 0.25) is 0 Å². The zero-order valence-corrected chi connectivity index (χ0v) is 28.2. The van der Waals surface area contributed by atoms with E-state index in [1.54, 1.807) is 13.8 Å². The van der Waals surface area contributed by atoms with E-state index in [0.29, 0.717) is 6.42 Å². The van der Waals surface area contributed by atoms with Crippen molar-refractivity contribution in [2.24, 2.45) is 11.5 Å². The van der Waals surface area contributed by atoms with Gasteiger partial charge in [-0.2, -0.15) is 0 Å². The van der Waals surface area contributed by atoms with Crippen LogP contribution in [0.5, 0.6) is 0 Å². The number of rotatable bonds is 25. The molecule has 8 N–H and O–H groups in total. The van der Waals surface area contributed by atoms with Crippen molar-refractivity contribution in [1.82, 2.24) is 10.6 Å². The van der Waals surface area contributed by atoms with Gasteiger partial charge in [-0.3, -0.25) is 14.4 Å². The highest BCUT2D eigenvalue weighted by Gasteiger charge is 2.34. The van der Waals surface area contributed by atoms with Crippen molar-refractivity contribution in [3.8, 4) is 0 Å². The molecule has 0 aromatic heterocycles. The van der Waals surface area contributed by atoms with Crippen molar-refractivity contribution < 1.29 is 24.6 Å². The van der Waals surface area contributed by atoms with Gasteiger partial charge >= 0.3 is 0 Å². The molecule has 0 heterocycles. The van der Waals surface area contributed by atoms with E-state index in [2.05, 4.69) is 78.3 Å². The summed E-state index contributed by atoms with van der Waals surface area (Å²) in [4.78, 5) is 36.5. The zero-order valence-electron chi connectivity index (χ0n) is 26.5. The van der Waals surface area contributed by atoms with E-state index in [9.17, 15) is 19.5 Å². The minimum absolute atomic E-state index is 0.106. The number of primary amides is 1. The Labute approximate surface area is 272 Å². The molecular formula is C33H54N4O5S2. The number of hydrogen-bond acceptors (Lipinski definition) is 8. The normalized spacial score (nSPS) is 14.9. The molecule has 3 atom stereocenters. The summed E-state index contributed by atoms with van der Waals surface area (Å²) < 4.78 is -0.721. The van der Waals surface area contributed by atoms with Crippen LogP contribution < -0.4 is 22.1 Å². The van der Waals surface area contributed by atoms with Gasteiger partial charge in [0, 0.05) is 23.5 Å². The highest BCUT2D eigenvalue weighted by atomic mass is 33.1. The molecule has 0 aliphatic rings. The third kappa shape index (κ3) is 22.9. The van der Waals surface area contributed by atoms with Crippen molar-refractivity contribution in [2.75, 3.05) is 18.9 Å². The molecule has 9 nitrogen and oxygen atoms in total. The van der Waals surface area contributed by atoms with Crippen LogP contribution >= 0.6 is 21.6 Å². The van der Waals surface area contributed by atoms with Gasteiger partial charge in [0.15, 0.2) is 0 Å². The van der Waals surface area contributed by atoms with Crippen LogP contribution in [0.25, 0.3) is 0 Å². The Kier molecular flexibility index (Phi) is 25.2. The van der Waals surface area contributed by atoms with Crippen LogP contribution in [0.1, 0.15) is 72.1 Å². The fraction of sp³-hybridized carbons (Fsp3) is 0.545. The second kappa shape index (κ2) is 26.8.